The SMILES string of the molecule is Cc1ccc(-c2csc3nc(CN(CCN4CCOCC4)C[C@H](O)COC(C)C)[nH]c(=O)c23)c(C)c1. The molecule has 0 unspecified atom stereocenters. The van der Waals surface area contributed by atoms with Crippen molar-refractivity contribution >= 4 is 21.6 Å². The number of hydrogen-bond acceptors (Lipinski definition) is 8. The molecule has 0 amide bonds. The average molecular weight is 515 g/mol. The number of nitrogens with one attached hydrogen (secondary N) is 1. The molecule has 1 saturated heterocycles. The number of aromatic nitrogens is 2. The number of aromatic amines is 1. The van der Waals surface area contributed by atoms with Crippen molar-refractivity contribution in [3.63, 3.8) is 0 Å². The molecule has 3 aromatic rings. The number of aliphatic hydroxyl groups is 1. The number of aliphatic hydroxyl groups excluding tert-OH is 1. The van der Waals surface area contributed by atoms with Crippen LogP contribution < -0.4 is 5.56 Å². The van der Waals surface area contributed by atoms with E-state index in [9.17, 15) is 9.90 Å². The number of thiophene rings is 1. The van der Waals surface area contributed by atoms with Crippen molar-refractivity contribution in [3.05, 3.63) is 50.9 Å². The molecule has 0 radical (unpaired) electrons. The first-order valence-electron chi connectivity index (χ1n) is 12.7. The molecular weight excluding hydrogens is 476 g/mol. The second-order valence-electron chi connectivity index (χ2n) is 9.89. The zero-order chi connectivity index (χ0) is 25.7. The third kappa shape index (κ3) is 7.00. The number of H-pyrrole nitrogens is 1. The summed E-state index contributed by atoms with van der Waals surface area (Å²) in [6.07, 6.45) is -0.558. The minimum absolute atomic E-state index is 0.0621. The highest BCUT2D eigenvalue weighted by Gasteiger charge is 2.19. The monoisotopic (exact) mass is 514 g/mol. The van der Waals surface area contributed by atoms with Crippen molar-refractivity contribution in [2.75, 3.05) is 52.5 Å². The van der Waals surface area contributed by atoms with Crippen molar-refractivity contribution in [1.29, 1.82) is 0 Å². The van der Waals surface area contributed by atoms with Crippen LogP contribution in [0.5, 0.6) is 0 Å². The lowest BCUT2D eigenvalue weighted by Gasteiger charge is -2.30. The summed E-state index contributed by atoms with van der Waals surface area (Å²) >= 11 is 1.50. The highest BCUT2D eigenvalue weighted by atomic mass is 32.1. The van der Waals surface area contributed by atoms with Gasteiger partial charge in [-0.3, -0.25) is 14.6 Å². The van der Waals surface area contributed by atoms with Gasteiger partial charge in [-0.15, -0.1) is 11.3 Å². The van der Waals surface area contributed by atoms with E-state index in [0.717, 1.165) is 60.9 Å². The normalized spacial score (nSPS) is 15.9. The van der Waals surface area contributed by atoms with Crippen LogP contribution in [0.4, 0.5) is 0 Å². The second kappa shape index (κ2) is 12.4. The average Bonchev–Trinajstić information content (AvgIpc) is 3.26. The van der Waals surface area contributed by atoms with Gasteiger partial charge in [-0.05, 0) is 38.8 Å². The maximum Gasteiger partial charge on any atom is 0.260 e. The summed E-state index contributed by atoms with van der Waals surface area (Å²) in [5, 5.41) is 13.3. The number of nitrogens with zero attached hydrogens (tertiary/aromatic N) is 3. The van der Waals surface area contributed by atoms with Gasteiger partial charge < -0.3 is 19.6 Å². The predicted molar refractivity (Wildman–Crippen MR) is 145 cm³/mol. The van der Waals surface area contributed by atoms with E-state index in [1.165, 1.54) is 16.9 Å². The Morgan fingerprint density at radius 1 is 1.25 bits per heavy atom. The Kier molecular flexibility index (Phi) is 9.27. The van der Waals surface area contributed by atoms with Crippen LogP contribution in [0.2, 0.25) is 0 Å². The molecule has 4 rings (SSSR count). The van der Waals surface area contributed by atoms with Crippen LogP contribution >= 0.6 is 11.3 Å². The molecule has 0 saturated carbocycles. The fourth-order valence-electron chi connectivity index (χ4n) is 4.59. The first kappa shape index (κ1) is 26.9. The van der Waals surface area contributed by atoms with Crippen molar-refractivity contribution in [2.24, 2.45) is 0 Å². The van der Waals surface area contributed by atoms with E-state index in [2.05, 4.69) is 46.8 Å². The van der Waals surface area contributed by atoms with E-state index >= 15 is 0 Å². The van der Waals surface area contributed by atoms with Crippen molar-refractivity contribution < 1.29 is 14.6 Å². The molecule has 2 aromatic heterocycles. The molecule has 1 aliphatic rings. The first-order valence-corrected chi connectivity index (χ1v) is 13.6. The van der Waals surface area contributed by atoms with E-state index in [1.807, 2.05) is 19.2 Å². The van der Waals surface area contributed by atoms with Crippen LogP contribution in [0.3, 0.4) is 0 Å². The van der Waals surface area contributed by atoms with E-state index in [4.69, 9.17) is 14.5 Å². The fourth-order valence-corrected chi connectivity index (χ4v) is 5.55. The minimum Gasteiger partial charge on any atom is -0.389 e. The lowest BCUT2D eigenvalue weighted by atomic mass is 9.99. The summed E-state index contributed by atoms with van der Waals surface area (Å²) in [5.41, 5.74) is 4.21. The standard InChI is InChI=1S/C27H38N4O4S/c1-18(2)35-16-21(32)14-31(8-7-30-9-11-34-12-10-30)15-24-28-26(33)25-23(17-36-27(25)29-24)22-6-5-19(3)13-20(22)4/h5-6,13,17-18,21,32H,7-12,14-16H2,1-4H3,(H,28,29,33)/t21-/m0/s1. The molecule has 1 fully saturated rings. The Bertz CT molecular complexity index is 1200. The number of aryl methyl sites for hydroxylation is 2. The van der Waals surface area contributed by atoms with Crippen LogP contribution in [0.25, 0.3) is 21.3 Å². The van der Waals surface area contributed by atoms with Crippen molar-refractivity contribution in [2.45, 2.75) is 46.4 Å². The molecule has 1 atom stereocenters. The Morgan fingerprint density at radius 2 is 2.03 bits per heavy atom. The van der Waals surface area contributed by atoms with Gasteiger partial charge in [0.05, 0.1) is 44.0 Å². The Morgan fingerprint density at radius 3 is 2.75 bits per heavy atom. The fraction of sp³-hybridized carbons (Fsp3) is 0.556. The summed E-state index contributed by atoms with van der Waals surface area (Å²) in [6, 6.07) is 6.28. The van der Waals surface area contributed by atoms with Gasteiger partial charge in [0.1, 0.15) is 10.7 Å². The molecule has 0 spiro atoms. The van der Waals surface area contributed by atoms with Gasteiger partial charge in [0.25, 0.3) is 5.56 Å². The van der Waals surface area contributed by atoms with Gasteiger partial charge in [0.15, 0.2) is 0 Å². The third-order valence-electron chi connectivity index (χ3n) is 6.47. The quantitative estimate of drug-likeness (QED) is 0.406. The number of ether oxygens (including phenoxy) is 2. The van der Waals surface area contributed by atoms with Gasteiger partial charge in [-0.1, -0.05) is 23.8 Å². The van der Waals surface area contributed by atoms with E-state index < -0.39 is 6.10 Å². The third-order valence-corrected chi connectivity index (χ3v) is 7.34. The number of benzene rings is 1. The topological polar surface area (TPSA) is 90.9 Å². The van der Waals surface area contributed by atoms with Gasteiger partial charge in [0.2, 0.25) is 0 Å². The molecule has 0 bridgehead atoms. The zero-order valence-corrected chi connectivity index (χ0v) is 22.6. The number of rotatable bonds is 11. The molecular formula is C27H38N4O4S. The number of fused-ring (bicyclic) bond motifs is 1. The van der Waals surface area contributed by atoms with Crippen LogP contribution in [-0.2, 0) is 16.0 Å². The molecule has 3 heterocycles. The smallest absolute Gasteiger partial charge is 0.260 e. The van der Waals surface area contributed by atoms with Crippen molar-refractivity contribution in [3.8, 4) is 11.1 Å². The van der Waals surface area contributed by atoms with Crippen LogP contribution in [0.1, 0.15) is 30.8 Å². The Balaban J connectivity index is 1.53. The summed E-state index contributed by atoms with van der Waals surface area (Å²) in [5.74, 6) is 0.612. The lowest BCUT2D eigenvalue weighted by Crippen LogP contribution is -2.43. The molecule has 9 heteroatoms. The molecule has 0 aliphatic carbocycles. The largest absolute Gasteiger partial charge is 0.389 e. The lowest BCUT2D eigenvalue weighted by molar-refractivity contribution is -0.0132. The molecule has 2 N–H and O–H groups in total. The molecule has 1 aromatic carbocycles. The minimum atomic E-state index is -0.620. The summed E-state index contributed by atoms with van der Waals surface area (Å²) in [4.78, 5) is 26.3. The Labute approximate surface area is 216 Å². The number of morpholine rings is 1. The number of hydrogen-bond donors (Lipinski definition) is 2. The van der Waals surface area contributed by atoms with Gasteiger partial charge >= 0.3 is 0 Å². The van der Waals surface area contributed by atoms with Gasteiger partial charge in [-0.25, -0.2) is 4.98 Å². The van der Waals surface area contributed by atoms with Gasteiger partial charge in [-0.2, -0.15) is 0 Å². The second-order valence-corrected chi connectivity index (χ2v) is 10.7. The molecule has 1 aliphatic heterocycles. The first-order chi connectivity index (χ1) is 17.3. The maximum absolute atomic E-state index is 13.2. The van der Waals surface area contributed by atoms with E-state index in [0.29, 0.717) is 24.3 Å². The zero-order valence-electron chi connectivity index (χ0n) is 21.7. The summed E-state index contributed by atoms with van der Waals surface area (Å²) in [7, 11) is 0. The van der Waals surface area contributed by atoms with Crippen LogP contribution in [-0.4, -0.2) is 89.6 Å². The molecule has 36 heavy (non-hydrogen) atoms. The van der Waals surface area contributed by atoms with E-state index in [1.54, 1.807) is 0 Å². The summed E-state index contributed by atoms with van der Waals surface area (Å²) < 4.78 is 11.1. The molecule has 196 valence electrons. The highest BCUT2D eigenvalue weighted by Crippen LogP contribution is 2.33. The summed E-state index contributed by atoms with van der Waals surface area (Å²) in [6.45, 7) is 14.1. The predicted octanol–water partition coefficient (Wildman–Crippen LogP) is 3.19. The molecule has 8 nitrogen and oxygen atoms in total. The Hall–Kier alpha value is -2.14. The van der Waals surface area contributed by atoms with Crippen molar-refractivity contribution in [1.82, 2.24) is 19.8 Å². The maximum atomic E-state index is 13.2. The highest BCUT2D eigenvalue weighted by molar-refractivity contribution is 7.17. The van der Waals surface area contributed by atoms with Gasteiger partial charge in [0, 0.05) is 43.7 Å². The van der Waals surface area contributed by atoms with E-state index in [-0.39, 0.29) is 18.3 Å². The van der Waals surface area contributed by atoms with Crippen LogP contribution in [0.15, 0.2) is 28.4 Å². The van der Waals surface area contributed by atoms with Crippen LogP contribution in [0, 0.1) is 13.8 Å².